The van der Waals surface area contributed by atoms with Crippen molar-refractivity contribution in [2.75, 3.05) is 12.4 Å². The first kappa shape index (κ1) is 22.9. The van der Waals surface area contributed by atoms with Gasteiger partial charge in [-0.3, -0.25) is 9.36 Å². The van der Waals surface area contributed by atoms with Crippen LogP contribution in [0.5, 0.6) is 5.75 Å². The minimum absolute atomic E-state index is 0.151. The van der Waals surface area contributed by atoms with Crippen LogP contribution >= 0.6 is 11.8 Å². The molecule has 0 fully saturated rings. The number of unbranched alkanes of at least 4 members (excludes halogenated alkanes) is 1. The van der Waals surface area contributed by atoms with Gasteiger partial charge in [0, 0.05) is 17.0 Å². The Hall–Kier alpha value is -2.80. The zero-order chi connectivity index (χ0) is 22.1. The van der Waals surface area contributed by atoms with Crippen molar-refractivity contribution in [3.8, 4) is 11.4 Å². The summed E-state index contributed by atoms with van der Waals surface area (Å²) in [5.74, 6) is 2.30. The summed E-state index contributed by atoms with van der Waals surface area (Å²) in [5, 5.41) is 12.5. The molecule has 1 aromatic heterocycles. The number of nitrogens with zero attached hydrogens (tertiary/aromatic N) is 3. The lowest BCUT2D eigenvalue weighted by atomic mass is 10.2. The number of rotatable bonds is 11. The summed E-state index contributed by atoms with van der Waals surface area (Å²) >= 11 is 1.67. The molecule has 164 valence electrons. The van der Waals surface area contributed by atoms with Gasteiger partial charge in [-0.15, -0.1) is 10.2 Å². The van der Waals surface area contributed by atoms with Crippen molar-refractivity contribution in [1.29, 1.82) is 0 Å². The fourth-order valence-electron chi connectivity index (χ4n) is 3.03. The van der Waals surface area contributed by atoms with Crippen molar-refractivity contribution in [1.82, 2.24) is 20.1 Å². The van der Waals surface area contributed by atoms with Crippen molar-refractivity contribution < 1.29 is 9.53 Å². The van der Waals surface area contributed by atoms with Gasteiger partial charge in [-0.1, -0.05) is 44.2 Å². The van der Waals surface area contributed by atoms with Gasteiger partial charge in [0.15, 0.2) is 11.0 Å². The SMILES string of the molecule is CCCCOc1ccc(C(=O)NCc2nnc(SCCC)n2-c2cccc(C)c2)cc1. The van der Waals surface area contributed by atoms with E-state index in [1.54, 1.807) is 23.9 Å². The molecule has 2 aromatic carbocycles. The quantitative estimate of drug-likeness (QED) is 0.330. The highest BCUT2D eigenvalue weighted by atomic mass is 32.2. The Morgan fingerprint density at radius 2 is 1.90 bits per heavy atom. The molecule has 3 aromatic rings. The predicted octanol–water partition coefficient (Wildman–Crippen LogP) is 5.19. The number of hydrogen-bond acceptors (Lipinski definition) is 5. The van der Waals surface area contributed by atoms with Crippen molar-refractivity contribution in [2.45, 2.75) is 51.7 Å². The number of amides is 1. The third-order valence-electron chi connectivity index (χ3n) is 4.69. The number of aromatic nitrogens is 3. The van der Waals surface area contributed by atoms with E-state index in [4.69, 9.17) is 4.74 Å². The summed E-state index contributed by atoms with van der Waals surface area (Å²) in [6, 6.07) is 15.4. The number of benzene rings is 2. The summed E-state index contributed by atoms with van der Waals surface area (Å²) < 4.78 is 7.69. The van der Waals surface area contributed by atoms with E-state index in [2.05, 4.69) is 48.4 Å². The summed E-state index contributed by atoms with van der Waals surface area (Å²) in [7, 11) is 0. The fraction of sp³-hybridized carbons (Fsp3) is 0.375. The number of aryl methyl sites for hydroxylation is 1. The lowest BCUT2D eigenvalue weighted by molar-refractivity contribution is 0.0949. The third kappa shape index (κ3) is 6.34. The van der Waals surface area contributed by atoms with E-state index in [0.29, 0.717) is 24.5 Å². The number of carbonyl (C=O) groups is 1. The highest BCUT2D eigenvalue weighted by Gasteiger charge is 2.16. The molecule has 1 N–H and O–H groups in total. The van der Waals surface area contributed by atoms with E-state index in [1.165, 1.54) is 0 Å². The minimum Gasteiger partial charge on any atom is -0.494 e. The first-order valence-electron chi connectivity index (χ1n) is 10.8. The number of hydrogen-bond donors (Lipinski definition) is 1. The van der Waals surface area contributed by atoms with Gasteiger partial charge in [-0.2, -0.15) is 0 Å². The molecule has 1 heterocycles. The monoisotopic (exact) mass is 438 g/mol. The Balaban J connectivity index is 1.71. The summed E-state index contributed by atoms with van der Waals surface area (Å²) in [6.45, 7) is 7.31. The van der Waals surface area contributed by atoms with E-state index >= 15 is 0 Å². The molecule has 0 radical (unpaired) electrons. The standard InChI is InChI=1S/C24H30N4O2S/c1-4-6-14-30-21-12-10-19(11-13-21)23(29)25-17-22-26-27-24(31-15-5-2)28(22)20-9-7-8-18(3)16-20/h7-13,16H,4-6,14-15,17H2,1-3H3,(H,25,29). The van der Waals surface area contributed by atoms with Gasteiger partial charge in [-0.25, -0.2) is 0 Å². The Morgan fingerprint density at radius 1 is 1.10 bits per heavy atom. The van der Waals surface area contributed by atoms with E-state index < -0.39 is 0 Å². The van der Waals surface area contributed by atoms with Crippen molar-refractivity contribution in [2.24, 2.45) is 0 Å². The second kappa shape index (κ2) is 11.6. The van der Waals surface area contributed by atoms with Crippen LogP contribution in [0, 0.1) is 6.92 Å². The average Bonchev–Trinajstić information content (AvgIpc) is 3.19. The van der Waals surface area contributed by atoms with Crippen LogP contribution in [-0.2, 0) is 6.54 Å². The van der Waals surface area contributed by atoms with E-state index in [-0.39, 0.29) is 5.91 Å². The molecule has 6 nitrogen and oxygen atoms in total. The number of thioether (sulfide) groups is 1. The van der Waals surface area contributed by atoms with E-state index in [9.17, 15) is 4.79 Å². The van der Waals surface area contributed by atoms with E-state index in [1.807, 2.05) is 28.8 Å². The molecular weight excluding hydrogens is 408 g/mol. The van der Waals surface area contributed by atoms with Crippen LogP contribution in [-0.4, -0.2) is 33.0 Å². The predicted molar refractivity (Wildman–Crippen MR) is 125 cm³/mol. The molecule has 0 saturated heterocycles. The minimum atomic E-state index is -0.151. The fourth-order valence-corrected chi connectivity index (χ4v) is 3.85. The molecule has 0 aliphatic rings. The van der Waals surface area contributed by atoms with Crippen LogP contribution in [0.15, 0.2) is 53.7 Å². The number of ether oxygens (including phenoxy) is 1. The second-order valence-electron chi connectivity index (χ2n) is 7.33. The highest BCUT2D eigenvalue weighted by Crippen LogP contribution is 2.23. The molecule has 0 bridgehead atoms. The zero-order valence-electron chi connectivity index (χ0n) is 18.4. The summed E-state index contributed by atoms with van der Waals surface area (Å²) in [4.78, 5) is 12.7. The van der Waals surface area contributed by atoms with Gasteiger partial charge in [0.25, 0.3) is 5.91 Å². The number of carbonyl (C=O) groups excluding carboxylic acids is 1. The van der Waals surface area contributed by atoms with Crippen molar-refractivity contribution >= 4 is 17.7 Å². The van der Waals surface area contributed by atoms with Gasteiger partial charge >= 0.3 is 0 Å². The van der Waals surface area contributed by atoms with Crippen LogP contribution in [0.25, 0.3) is 5.69 Å². The van der Waals surface area contributed by atoms with Crippen LogP contribution < -0.4 is 10.1 Å². The molecule has 7 heteroatoms. The smallest absolute Gasteiger partial charge is 0.251 e. The van der Waals surface area contributed by atoms with Gasteiger partial charge in [0.05, 0.1) is 13.2 Å². The molecule has 0 unspecified atom stereocenters. The molecule has 0 aliphatic heterocycles. The van der Waals surface area contributed by atoms with Crippen LogP contribution in [0.3, 0.4) is 0 Å². The number of nitrogens with one attached hydrogen (secondary N) is 1. The Bertz CT molecular complexity index is 985. The van der Waals surface area contributed by atoms with Crippen LogP contribution in [0.2, 0.25) is 0 Å². The van der Waals surface area contributed by atoms with Gasteiger partial charge < -0.3 is 10.1 Å². The maximum atomic E-state index is 12.7. The maximum absolute atomic E-state index is 12.7. The van der Waals surface area contributed by atoms with Gasteiger partial charge in [0.2, 0.25) is 0 Å². The first-order valence-corrected chi connectivity index (χ1v) is 11.8. The van der Waals surface area contributed by atoms with Crippen molar-refractivity contribution in [3.05, 3.63) is 65.5 Å². The molecule has 3 rings (SSSR count). The summed E-state index contributed by atoms with van der Waals surface area (Å²) in [5.41, 5.74) is 2.75. The first-order chi connectivity index (χ1) is 15.1. The maximum Gasteiger partial charge on any atom is 0.251 e. The third-order valence-corrected chi connectivity index (χ3v) is 5.82. The molecule has 31 heavy (non-hydrogen) atoms. The Labute approximate surface area is 188 Å². The summed E-state index contributed by atoms with van der Waals surface area (Å²) in [6.07, 6.45) is 3.16. The Morgan fingerprint density at radius 3 is 2.61 bits per heavy atom. The molecule has 0 saturated carbocycles. The van der Waals surface area contributed by atoms with Gasteiger partial charge in [-0.05, 0) is 61.7 Å². The molecule has 0 atom stereocenters. The molecule has 0 aliphatic carbocycles. The van der Waals surface area contributed by atoms with Crippen LogP contribution in [0.1, 0.15) is 54.9 Å². The van der Waals surface area contributed by atoms with Crippen LogP contribution in [0.4, 0.5) is 0 Å². The Kier molecular flexibility index (Phi) is 8.53. The second-order valence-corrected chi connectivity index (χ2v) is 8.39. The lowest BCUT2D eigenvalue weighted by Crippen LogP contribution is -2.24. The molecular formula is C24H30N4O2S. The molecule has 1 amide bonds. The molecule has 0 spiro atoms. The zero-order valence-corrected chi connectivity index (χ0v) is 19.2. The topological polar surface area (TPSA) is 69.0 Å². The highest BCUT2D eigenvalue weighted by molar-refractivity contribution is 7.99. The average molecular weight is 439 g/mol. The normalized spacial score (nSPS) is 10.8. The van der Waals surface area contributed by atoms with E-state index in [0.717, 1.165) is 47.2 Å². The van der Waals surface area contributed by atoms with Crippen molar-refractivity contribution in [3.63, 3.8) is 0 Å². The van der Waals surface area contributed by atoms with Gasteiger partial charge in [0.1, 0.15) is 5.75 Å². The lowest BCUT2D eigenvalue weighted by Gasteiger charge is -2.12. The largest absolute Gasteiger partial charge is 0.494 e.